The van der Waals surface area contributed by atoms with Gasteiger partial charge in [-0.05, 0) is 24.6 Å². The standard InChI is InChI=1S/C14H17N3OS/c1-2-6-16-14(18)11-4-3-5-12(7-11)17-9-13-8-15-10-19-13/h3-5,7-8,10,17H,2,6,9H2,1H3,(H,16,18). The van der Waals surface area contributed by atoms with Gasteiger partial charge < -0.3 is 10.6 Å². The van der Waals surface area contributed by atoms with Gasteiger partial charge >= 0.3 is 0 Å². The van der Waals surface area contributed by atoms with Crippen LogP contribution in [0.25, 0.3) is 0 Å². The lowest BCUT2D eigenvalue weighted by atomic mass is 10.2. The van der Waals surface area contributed by atoms with E-state index in [9.17, 15) is 4.79 Å². The van der Waals surface area contributed by atoms with Crippen LogP contribution in [-0.4, -0.2) is 17.4 Å². The van der Waals surface area contributed by atoms with E-state index in [0.29, 0.717) is 12.1 Å². The van der Waals surface area contributed by atoms with Crippen LogP contribution in [0.15, 0.2) is 36.0 Å². The van der Waals surface area contributed by atoms with Gasteiger partial charge in [-0.25, -0.2) is 0 Å². The number of aromatic nitrogens is 1. The number of carbonyl (C=O) groups excluding carboxylic acids is 1. The van der Waals surface area contributed by atoms with E-state index >= 15 is 0 Å². The van der Waals surface area contributed by atoms with Gasteiger partial charge in [-0.15, -0.1) is 11.3 Å². The molecule has 0 saturated heterocycles. The predicted molar refractivity (Wildman–Crippen MR) is 78.5 cm³/mol. The summed E-state index contributed by atoms with van der Waals surface area (Å²) in [6.07, 6.45) is 2.78. The first-order valence-electron chi connectivity index (χ1n) is 6.29. The van der Waals surface area contributed by atoms with Gasteiger partial charge in [-0.2, -0.15) is 0 Å². The highest BCUT2D eigenvalue weighted by Crippen LogP contribution is 2.13. The summed E-state index contributed by atoms with van der Waals surface area (Å²) in [6, 6.07) is 7.53. The third-order valence-corrected chi connectivity index (χ3v) is 3.39. The van der Waals surface area contributed by atoms with Crippen LogP contribution in [0, 0.1) is 0 Å². The Morgan fingerprint density at radius 2 is 2.32 bits per heavy atom. The van der Waals surface area contributed by atoms with Gasteiger partial charge in [0.15, 0.2) is 0 Å². The van der Waals surface area contributed by atoms with Gasteiger partial charge in [0.25, 0.3) is 5.91 Å². The van der Waals surface area contributed by atoms with Gasteiger partial charge in [0.05, 0.1) is 12.1 Å². The molecule has 0 aliphatic heterocycles. The Bertz CT molecular complexity index is 525. The number of nitrogens with zero attached hydrogens (tertiary/aromatic N) is 1. The van der Waals surface area contributed by atoms with E-state index in [0.717, 1.165) is 18.7 Å². The molecule has 0 spiro atoms. The number of thiazole rings is 1. The van der Waals surface area contributed by atoms with Crippen molar-refractivity contribution in [1.29, 1.82) is 0 Å². The molecular formula is C14H17N3OS. The molecule has 0 atom stereocenters. The zero-order valence-electron chi connectivity index (χ0n) is 10.8. The normalized spacial score (nSPS) is 10.2. The van der Waals surface area contributed by atoms with Crippen molar-refractivity contribution < 1.29 is 4.79 Å². The molecule has 1 amide bonds. The summed E-state index contributed by atoms with van der Waals surface area (Å²) in [7, 11) is 0. The second-order valence-electron chi connectivity index (χ2n) is 4.16. The minimum atomic E-state index is -0.0247. The maximum absolute atomic E-state index is 11.8. The van der Waals surface area contributed by atoms with Crippen LogP contribution in [0.2, 0.25) is 0 Å². The Balaban J connectivity index is 1.96. The second kappa shape index (κ2) is 6.89. The van der Waals surface area contributed by atoms with Crippen LogP contribution in [0.3, 0.4) is 0 Å². The summed E-state index contributed by atoms with van der Waals surface area (Å²) in [5, 5.41) is 6.16. The highest BCUT2D eigenvalue weighted by atomic mass is 32.1. The lowest BCUT2D eigenvalue weighted by Gasteiger charge is -2.07. The molecule has 0 fully saturated rings. The maximum atomic E-state index is 11.8. The third-order valence-electron chi connectivity index (χ3n) is 2.61. The molecule has 5 heteroatoms. The summed E-state index contributed by atoms with van der Waals surface area (Å²) >= 11 is 1.61. The molecule has 0 bridgehead atoms. The molecular weight excluding hydrogens is 258 g/mol. The number of benzene rings is 1. The van der Waals surface area contributed by atoms with E-state index in [4.69, 9.17) is 0 Å². The fraction of sp³-hybridized carbons (Fsp3) is 0.286. The molecule has 0 aliphatic carbocycles. The number of hydrogen-bond donors (Lipinski definition) is 2. The van der Waals surface area contributed by atoms with E-state index in [1.54, 1.807) is 11.3 Å². The van der Waals surface area contributed by atoms with Gasteiger partial charge in [-0.3, -0.25) is 9.78 Å². The number of amides is 1. The van der Waals surface area contributed by atoms with Crippen LogP contribution in [0.5, 0.6) is 0 Å². The minimum Gasteiger partial charge on any atom is -0.380 e. The Kier molecular flexibility index (Phi) is 4.92. The van der Waals surface area contributed by atoms with Crippen LogP contribution >= 0.6 is 11.3 Å². The Hall–Kier alpha value is -1.88. The van der Waals surface area contributed by atoms with Crippen molar-refractivity contribution in [3.05, 3.63) is 46.4 Å². The first kappa shape index (κ1) is 13.5. The fourth-order valence-corrected chi connectivity index (χ4v) is 2.16. The molecule has 0 radical (unpaired) electrons. The van der Waals surface area contributed by atoms with Gasteiger partial charge in [0.1, 0.15) is 0 Å². The van der Waals surface area contributed by atoms with Gasteiger partial charge in [0.2, 0.25) is 0 Å². The largest absolute Gasteiger partial charge is 0.380 e. The van der Waals surface area contributed by atoms with Crippen molar-refractivity contribution in [1.82, 2.24) is 10.3 Å². The molecule has 0 aliphatic rings. The molecule has 2 N–H and O–H groups in total. The first-order chi connectivity index (χ1) is 9.29. The quantitative estimate of drug-likeness (QED) is 0.852. The molecule has 19 heavy (non-hydrogen) atoms. The Morgan fingerprint density at radius 3 is 3.05 bits per heavy atom. The van der Waals surface area contributed by atoms with Crippen molar-refractivity contribution in [3.8, 4) is 0 Å². The third kappa shape index (κ3) is 4.06. The number of nitrogens with one attached hydrogen (secondary N) is 2. The Labute approximate surface area is 116 Å². The van der Waals surface area contributed by atoms with Gasteiger partial charge in [-0.1, -0.05) is 13.0 Å². The highest BCUT2D eigenvalue weighted by molar-refractivity contribution is 7.09. The lowest BCUT2D eigenvalue weighted by molar-refractivity contribution is 0.0953. The summed E-state index contributed by atoms with van der Waals surface area (Å²) in [5.74, 6) is -0.0247. The molecule has 0 unspecified atom stereocenters. The van der Waals surface area contributed by atoms with Crippen molar-refractivity contribution in [2.75, 3.05) is 11.9 Å². The number of hydrogen-bond acceptors (Lipinski definition) is 4. The molecule has 0 saturated carbocycles. The first-order valence-corrected chi connectivity index (χ1v) is 7.17. The molecule has 4 nitrogen and oxygen atoms in total. The average Bonchev–Trinajstić information content (AvgIpc) is 2.96. The molecule has 1 aromatic carbocycles. The SMILES string of the molecule is CCCNC(=O)c1cccc(NCc2cncs2)c1. The van der Waals surface area contributed by atoms with E-state index in [1.165, 1.54) is 4.88 Å². The molecule has 2 rings (SSSR count). The van der Waals surface area contributed by atoms with Crippen LogP contribution < -0.4 is 10.6 Å². The fourth-order valence-electron chi connectivity index (χ4n) is 1.63. The van der Waals surface area contributed by atoms with E-state index in [2.05, 4.69) is 15.6 Å². The lowest BCUT2D eigenvalue weighted by Crippen LogP contribution is -2.23. The smallest absolute Gasteiger partial charge is 0.251 e. The summed E-state index contributed by atoms with van der Waals surface area (Å²) in [5.41, 5.74) is 3.44. The zero-order valence-corrected chi connectivity index (χ0v) is 11.7. The summed E-state index contributed by atoms with van der Waals surface area (Å²) in [4.78, 5) is 17.0. The predicted octanol–water partition coefficient (Wildman–Crippen LogP) is 2.90. The van der Waals surface area contributed by atoms with E-state index in [1.807, 2.05) is 42.9 Å². The second-order valence-corrected chi connectivity index (χ2v) is 5.13. The maximum Gasteiger partial charge on any atom is 0.251 e. The molecule has 1 aromatic heterocycles. The summed E-state index contributed by atoms with van der Waals surface area (Å²) in [6.45, 7) is 3.47. The topological polar surface area (TPSA) is 54.0 Å². The van der Waals surface area contributed by atoms with Crippen molar-refractivity contribution in [3.63, 3.8) is 0 Å². The van der Waals surface area contributed by atoms with E-state index in [-0.39, 0.29) is 5.91 Å². The molecule has 2 aromatic rings. The summed E-state index contributed by atoms with van der Waals surface area (Å²) < 4.78 is 0. The van der Waals surface area contributed by atoms with Gasteiger partial charge in [0, 0.05) is 28.9 Å². The highest BCUT2D eigenvalue weighted by Gasteiger charge is 2.05. The van der Waals surface area contributed by atoms with Crippen molar-refractivity contribution in [2.45, 2.75) is 19.9 Å². The van der Waals surface area contributed by atoms with Crippen molar-refractivity contribution >= 4 is 22.9 Å². The number of carbonyl (C=O) groups is 1. The number of rotatable bonds is 6. The zero-order chi connectivity index (χ0) is 13.5. The minimum absolute atomic E-state index is 0.0247. The molecule has 100 valence electrons. The number of anilines is 1. The van der Waals surface area contributed by atoms with Crippen molar-refractivity contribution in [2.24, 2.45) is 0 Å². The van der Waals surface area contributed by atoms with Crippen LogP contribution in [0.4, 0.5) is 5.69 Å². The molecule has 1 heterocycles. The van der Waals surface area contributed by atoms with E-state index < -0.39 is 0 Å². The monoisotopic (exact) mass is 275 g/mol. The van der Waals surface area contributed by atoms with Crippen LogP contribution in [-0.2, 0) is 6.54 Å². The average molecular weight is 275 g/mol. The Morgan fingerprint density at radius 1 is 1.42 bits per heavy atom. The van der Waals surface area contributed by atoms with Crippen LogP contribution in [0.1, 0.15) is 28.6 Å².